The van der Waals surface area contributed by atoms with E-state index in [1.807, 2.05) is 0 Å². The van der Waals surface area contributed by atoms with Crippen molar-refractivity contribution in [2.75, 3.05) is 0 Å². The summed E-state index contributed by atoms with van der Waals surface area (Å²) in [6, 6.07) is 0. The number of halogens is 1. The monoisotopic (exact) mass is 170 g/mol. The molecule has 2 heteroatoms. The molecular weight excluding hydrogens is 161 g/mol. The van der Waals surface area contributed by atoms with Crippen LogP contribution in [0.25, 0.3) is 0 Å². The Balaban J connectivity index is -0.0000000800. The zero-order valence-corrected chi connectivity index (χ0v) is 8.64. The molecule has 0 aromatic heterocycles. The Morgan fingerprint density at radius 1 is 1.43 bits per heavy atom. The molecule has 0 amide bonds. The summed E-state index contributed by atoms with van der Waals surface area (Å²) in [5, 5.41) is 0. The molecule has 41 valence electrons. The van der Waals surface area contributed by atoms with Crippen LogP contribution >= 0.6 is 0 Å². The molecule has 0 aromatic rings. The third-order valence-electron chi connectivity index (χ3n) is 0.604. The van der Waals surface area contributed by atoms with Crippen LogP contribution in [-0.2, 0) is 19.5 Å². The Kier molecular flexibility index (Phi) is 35.3. The fourth-order valence-electron chi connectivity index (χ4n) is 0.250. The molecule has 7 heavy (non-hydrogen) atoms. The van der Waals surface area contributed by atoms with Gasteiger partial charge in [0.1, 0.15) is 0 Å². The smallest absolute Gasteiger partial charge is 0 e. The van der Waals surface area contributed by atoms with Crippen molar-refractivity contribution in [3.63, 3.8) is 0 Å². The summed E-state index contributed by atoms with van der Waals surface area (Å²) in [6.07, 6.45) is 3.65. The van der Waals surface area contributed by atoms with E-state index in [9.17, 15) is 0 Å². The molecule has 0 N–H and O–H groups in total. The van der Waals surface area contributed by atoms with Gasteiger partial charge in [0.2, 0.25) is 0 Å². The Labute approximate surface area is 65.2 Å². The predicted molar refractivity (Wildman–Crippen MR) is 24.9 cm³/mol. The SMILES string of the molecule is [CH2]CCCC.[Cl-].[Zn]. The van der Waals surface area contributed by atoms with Crippen LogP contribution in [0.1, 0.15) is 26.2 Å². The van der Waals surface area contributed by atoms with Crippen LogP contribution in [0.3, 0.4) is 0 Å². The molecule has 0 saturated carbocycles. The number of hydrogen-bond donors (Lipinski definition) is 0. The average Bonchev–Trinajstić information content (AvgIpc) is 1.41. The summed E-state index contributed by atoms with van der Waals surface area (Å²) in [6.45, 7) is 5.85. The molecule has 0 nitrogen and oxygen atoms in total. The van der Waals surface area contributed by atoms with E-state index in [2.05, 4.69) is 13.8 Å². The first-order chi connectivity index (χ1) is 2.41. The molecule has 0 fully saturated rings. The summed E-state index contributed by atoms with van der Waals surface area (Å²) in [4.78, 5) is 0. The minimum absolute atomic E-state index is 0. The van der Waals surface area contributed by atoms with Gasteiger partial charge < -0.3 is 12.4 Å². The third kappa shape index (κ3) is 19.7. The average molecular weight is 172 g/mol. The molecule has 0 aliphatic rings. The van der Waals surface area contributed by atoms with Gasteiger partial charge >= 0.3 is 0 Å². The van der Waals surface area contributed by atoms with E-state index < -0.39 is 0 Å². The van der Waals surface area contributed by atoms with E-state index in [-0.39, 0.29) is 31.9 Å². The van der Waals surface area contributed by atoms with E-state index >= 15 is 0 Å². The first kappa shape index (κ1) is 15.7. The van der Waals surface area contributed by atoms with Gasteiger partial charge in [0.05, 0.1) is 0 Å². The molecule has 0 aromatic carbocycles. The molecule has 1 radical (unpaired) electrons. The number of rotatable bonds is 2. The first-order valence-corrected chi connectivity index (χ1v) is 2.21. The van der Waals surface area contributed by atoms with Crippen molar-refractivity contribution in [2.45, 2.75) is 26.2 Å². The van der Waals surface area contributed by atoms with Gasteiger partial charge in [-0.1, -0.05) is 33.1 Å². The van der Waals surface area contributed by atoms with Crippen molar-refractivity contribution < 1.29 is 31.9 Å². The van der Waals surface area contributed by atoms with Crippen LogP contribution in [0.5, 0.6) is 0 Å². The maximum atomic E-state index is 3.68. The van der Waals surface area contributed by atoms with Crippen LogP contribution in [0, 0.1) is 6.92 Å². The second-order valence-electron chi connectivity index (χ2n) is 1.21. The predicted octanol–water partition coefficient (Wildman–Crippen LogP) is -0.988. The summed E-state index contributed by atoms with van der Waals surface area (Å²) < 4.78 is 0. The van der Waals surface area contributed by atoms with E-state index in [1.54, 1.807) is 0 Å². The van der Waals surface area contributed by atoms with E-state index in [1.165, 1.54) is 12.8 Å². The molecule has 0 aliphatic carbocycles. The maximum absolute atomic E-state index is 3.68. The summed E-state index contributed by atoms with van der Waals surface area (Å²) >= 11 is 0. The molecular formula is C5H11ClZn-. The number of unbranched alkanes of at least 4 members (excludes halogenated alkanes) is 2. The molecule has 0 rings (SSSR count). The van der Waals surface area contributed by atoms with Crippen LogP contribution < -0.4 is 12.4 Å². The Hall–Kier alpha value is 0.913. The molecule has 0 unspecified atom stereocenters. The van der Waals surface area contributed by atoms with Crippen molar-refractivity contribution in [2.24, 2.45) is 0 Å². The molecule has 0 heterocycles. The molecule has 0 bridgehead atoms. The van der Waals surface area contributed by atoms with Crippen LogP contribution in [0.4, 0.5) is 0 Å². The summed E-state index contributed by atoms with van der Waals surface area (Å²) in [5.41, 5.74) is 0. The minimum Gasteiger partial charge on any atom is -1.00 e. The van der Waals surface area contributed by atoms with Crippen molar-refractivity contribution >= 4 is 0 Å². The number of hydrogen-bond acceptors (Lipinski definition) is 0. The zero-order valence-electron chi connectivity index (χ0n) is 4.91. The standard InChI is InChI=1S/C5H11.ClH.Zn/c1-3-5-4-2;;/h1,3-5H2,2H3;1H;/p-1. The largest absolute Gasteiger partial charge is 1.00 e. The second-order valence-corrected chi connectivity index (χ2v) is 1.21. The van der Waals surface area contributed by atoms with Gasteiger partial charge in [-0.3, -0.25) is 0 Å². The second kappa shape index (κ2) is 15.8. The van der Waals surface area contributed by atoms with Crippen molar-refractivity contribution in [1.82, 2.24) is 0 Å². The summed E-state index contributed by atoms with van der Waals surface area (Å²) in [7, 11) is 0. The van der Waals surface area contributed by atoms with Crippen molar-refractivity contribution in [3.05, 3.63) is 6.92 Å². The fraction of sp³-hybridized carbons (Fsp3) is 0.800. The van der Waals surface area contributed by atoms with Gasteiger partial charge in [0, 0.05) is 19.5 Å². The zero-order chi connectivity index (χ0) is 4.12. The van der Waals surface area contributed by atoms with Gasteiger partial charge in [-0.2, -0.15) is 0 Å². The van der Waals surface area contributed by atoms with Gasteiger partial charge in [0.15, 0.2) is 0 Å². The fourth-order valence-corrected chi connectivity index (χ4v) is 0.250. The van der Waals surface area contributed by atoms with Crippen LogP contribution in [-0.4, -0.2) is 0 Å². The molecule has 0 saturated heterocycles. The quantitative estimate of drug-likeness (QED) is 0.469. The third-order valence-corrected chi connectivity index (χ3v) is 0.604. The van der Waals surface area contributed by atoms with Crippen molar-refractivity contribution in [1.29, 1.82) is 0 Å². The minimum atomic E-state index is 0. The maximum Gasteiger partial charge on any atom is 0 e. The van der Waals surface area contributed by atoms with Crippen LogP contribution in [0.15, 0.2) is 0 Å². The topological polar surface area (TPSA) is 0 Å². The van der Waals surface area contributed by atoms with E-state index in [4.69, 9.17) is 0 Å². The normalized spacial score (nSPS) is 6.00. The molecule has 0 aliphatic heterocycles. The van der Waals surface area contributed by atoms with E-state index in [0.717, 1.165) is 6.42 Å². The molecule has 0 atom stereocenters. The Morgan fingerprint density at radius 3 is 1.86 bits per heavy atom. The van der Waals surface area contributed by atoms with Gasteiger partial charge in [-0.25, -0.2) is 0 Å². The van der Waals surface area contributed by atoms with Gasteiger partial charge in [-0.15, -0.1) is 0 Å². The Morgan fingerprint density at radius 2 is 1.86 bits per heavy atom. The van der Waals surface area contributed by atoms with Crippen LogP contribution in [0.2, 0.25) is 0 Å². The Bertz CT molecular complexity index is 15.6. The van der Waals surface area contributed by atoms with Gasteiger partial charge in [0.25, 0.3) is 0 Å². The van der Waals surface area contributed by atoms with Gasteiger partial charge in [-0.05, 0) is 0 Å². The summed E-state index contributed by atoms with van der Waals surface area (Å²) in [5.74, 6) is 0. The van der Waals surface area contributed by atoms with Crippen molar-refractivity contribution in [3.8, 4) is 0 Å². The molecule has 0 spiro atoms. The van der Waals surface area contributed by atoms with E-state index in [0.29, 0.717) is 0 Å². The first-order valence-electron chi connectivity index (χ1n) is 2.21.